The zero-order chi connectivity index (χ0) is 10.7. The van der Waals surface area contributed by atoms with Crippen LogP contribution in [-0.4, -0.2) is 24.6 Å². The molecule has 1 aliphatic heterocycles. The third kappa shape index (κ3) is 2.24. The molecule has 0 amide bonds. The van der Waals surface area contributed by atoms with Gasteiger partial charge in [0.2, 0.25) is 0 Å². The Kier molecular flexibility index (Phi) is 3.12. The molecule has 1 aromatic carbocycles. The van der Waals surface area contributed by atoms with Crippen LogP contribution in [0, 0.1) is 12.4 Å². The minimum Gasteiger partial charge on any atom is -0.368 e. The van der Waals surface area contributed by atoms with Crippen molar-refractivity contribution in [2.24, 2.45) is 0 Å². The number of hydrogen-bond donors (Lipinski definition) is 0. The van der Waals surface area contributed by atoms with Crippen molar-refractivity contribution in [2.45, 2.75) is 0 Å². The summed E-state index contributed by atoms with van der Waals surface area (Å²) in [7, 11) is 0. The Morgan fingerprint density at radius 3 is 2.67 bits per heavy atom. The molecule has 1 heterocycles. The highest BCUT2D eigenvalue weighted by Crippen LogP contribution is 2.26. The first-order valence-corrected chi connectivity index (χ1v) is 5.96. The van der Waals surface area contributed by atoms with Gasteiger partial charge in [-0.1, -0.05) is 6.07 Å². The van der Waals surface area contributed by atoms with Gasteiger partial charge in [-0.15, -0.1) is 0 Å². The normalized spacial score (nSPS) is 16.1. The molecule has 0 saturated carbocycles. The van der Waals surface area contributed by atoms with E-state index in [1.807, 2.05) is 16.7 Å². The number of halogens is 1. The molecule has 0 aliphatic carbocycles. The van der Waals surface area contributed by atoms with Crippen LogP contribution in [0.1, 0.15) is 0 Å². The van der Waals surface area contributed by atoms with Gasteiger partial charge in [0.05, 0.1) is 12.3 Å². The van der Waals surface area contributed by atoms with Gasteiger partial charge in [-0.05, 0) is 12.1 Å². The van der Waals surface area contributed by atoms with Gasteiger partial charge in [-0.3, -0.25) is 0 Å². The topological polar surface area (TPSA) is 7.60 Å². The number of hydrogen-bond acceptors (Lipinski definition) is 2. The third-order valence-electron chi connectivity index (χ3n) is 2.41. The van der Waals surface area contributed by atoms with E-state index in [0.717, 1.165) is 24.6 Å². The fourth-order valence-corrected chi connectivity index (χ4v) is 2.53. The predicted octanol–water partition coefficient (Wildman–Crippen LogP) is 2.93. The van der Waals surface area contributed by atoms with E-state index in [2.05, 4.69) is 4.85 Å². The van der Waals surface area contributed by atoms with Crippen molar-refractivity contribution in [3.63, 3.8) is 0 Å². The molecule has 2 nitrogen and oxygen atoms in total. The monoisotopic (exact) mass is 222 g/mol. The summed E-state index contributed by atoms with van der Waals surface area (Å²) in [6, 6.07) is 4.69. The summed E-state index contributed by atoms with van der Waals surface area (Å²) < 4.78 is 13.6. The molecule has 78 valence electrons. The van der Waals surface area contributed by atoms with Crippen molar-refractivity contribution in [3.8, 4) is 0 Å². The van der Waals surface area contributed by atoms with E-state index in [9.17, 15) is 4.39 Å². The van der Waals surface area contributed by atoms with Gasteiger partial charge < -0.3 is 4.90 Å². The van der Waals surface area contributed by atoms with Crippen LogP contribution in [0.3, 0.4) is 0 Å². The molecule has 0 atom stereocenters. The molecule has 0 N–H and O–H groups in total. The van der Waals surface area contributed by atoms with Crippen molar-refractivity contribution in [3.05, 3.63) is 35.4 Å². The maximum Gasteiger partial charge on any atom is 0.190 e. The van der Waals surface area contributed by atoms with E-state index in [1.165, 1.54) is 6.07 Å². The van der Waals surface area contributed by atoms with Crippen molar-refractivity contribution >= 4 is 23.1 Å². The first kappa shape index (κ1) is 10.3. The summed E-state index contributed by atoms with van der Waals surface area (Å²) in [6.07, 6.45) is 0. The van der Waals surface area contributed by atoms with Gasteiger partial charge in [-0.25, -0.2) is 9.24 Å². The maximum absolute atomic E-state index is 13.6. The molecule has 0 spiro atoms. The Bertz CT molecular complexity index is 394. The van der Waals surface area contributed by atoms with Gasteiger partial charge in [0.15, 0.2) is 5.69 Å². The predicted molar refractivity (Wildman–Crippen MR) is 62.2 cm³/mol. The zero-order valence-corrected chi connectivity index (χ0v) is 9.06. The molecule has 1 saturated heterocycles. The first-order valence-electron chi connectivity index (χ1n) is 4.81. The van der Waals surface area contributed by atoms with Crippen LogP contribution in [-0.2, 0) is 0 Å². The molecule has 0 aromatic heterocycles. The Morgan fingerprint density at radius 1 is 1.33 bits per heavy atom. The number of nitrogens with zero attached hydrogens (tertiary/aromatic N) is 2. The lowest BCUT2D eigenvalue weighted by atomic mass is 10.2. The Hall–Kier alpha value is -1.21. The van der Waals surface area contributed by atoms with E-state index in [0.29, 0.717) is 11.4 Å². The van der Waals surface area contributed by atoms with Crippen LogP contribution in [0.5, 0.6) is 0 Å². The van der Waals surface area contributed by atoms with Gasteiger partial charge in [0.1, 0.15) is 5.82 Å². The second-order valence-electron chi connectivity index (χ2n) is 3.35. The van der Waals surface area contributed by atoms with Crippen LogP contribution < -0.4 is 4.90 Å². The minimum absolute atomic E-state index is 0.282. The highest BCUT2D eigenvalue weighted by Gasteiger charge is 2.14. The van der Waals surface area contributed by atoms with Crippen LogP contribution in [0.2, 0.25) is 0 Å². The Morgan fingerprint density at radius 2 is 2.07 bits per heavy atom. The van der Waals surface area contributed by atoms with E-state index in [-0.39, 0.29) is 5.82 Å². The molecule has 4 heteroatoms. The molecule has 0 bridgehead atoms. The van der Waals surface area contributed by atoms with Crippen molar-refractivity contribution in [1.82, 2.24) is 0 Å². The first-order chi connectivity index (χ1) is 7.31. The quantitative estimate of drug-likeness (QED) is 0.675. The smallest absolute Gasteiger partial charge is 0.190 e. The fraction of sp³-hybridized carbons (Fsp3) is 0.364. The van der Waals surface area contributed by atoms with E-state index in [4.69, 9.17) is 6.57 Å². The van der Waals surface area contributed by atoms with Crippen LogP contribution in [0.15, 0.2) is 18.2 Å². The van der Waals surface area contributed by atoms with Gasteiger partial charge in [-0.2, -0.15) is 11.8 Å². The van der Waals surface area contributed by atoms with Gasteiger partial charge in [0, 0.05) is 24.6 Å². The van der Waals surface area contributed by atoms with Crippen molar-refractivity contribution in [2.75, 3.05) is 29.5 Å². The van der Waals surface area contributed by atoms with Crippen LogP contribution >= 0.6 is 11.8 Å². The molecule has 15 heavy (non-hydrogen) atoms. The summed E-state index contributed by atoms with van der Waals surface area (Å²) in [5, 5.41) is 0. The molecule has 1 aliphatic rings. The average molecular weight is 222 g/mol. The molecule has 1 fully saturated rings. The number of anilines is 1. The number of benzene rings is 1. The number of thioether (sulfide) groups is 1. The lowest BCUT2D eigenvalue weighted by Gasteiger charge is -2.28. The summed E-state index contributed by atoms with van der Waals surface area (Å²) in [6.45, 7) is 8.57. The summed E-state index contributed by atoms with van der Waals surface area (Å²) in [4.78, 5) is 5.25. The molecule has 1 aromatic rings. The van der Waals surface area contributed by atoms with Crippen molar-refractivity contribution in [1.29, 1.82) is 0 Å². The minimum atomic E-state index is -0.282. The molecule has 0 unspecified atom stereocenters. The summed E-state index contributed by atoms with van der Waals surface area (Å²) in [5.74, 6) is 1.81. The van der Waals surface area contributed by atoms with Gasteiger partial charge >= 0.3 is 0 Å². The Balaban J connectivity index is 2.24. The SMILES string of the molecule is [C-]#[N+]c1ccc(N2CCSCC2)c(F)c1. The standard InChI is InChI=1S/C11H11FN2S/c1-13-9-2-3-11(10(12)8-9)14-4-6-15-7-5-14/h2-3,8H,4-7H2. The average Bonchev–Trinajstić information content (AvgIpc) is 2.30. The zero-order valence-electron chi connectivity index (χ0n) is 8.24. The van der Waals surface area contributed by atoms with Crippen molar-refractivity contribution < 1.29 is 4.39 Å². The molecule has 2 rings (SSSR count). The second kappa shape index (κ2) is 4.54. The summed E-state index contributed by atoms with van der Waals surface area (Å²) in [5.41, 5.74) is 0.991. The van der Waals surface area contributed by atoms with Crippen LogP contribution in [0.4, 0.5) is 15.8 Å². The highest BCUT2D eigenvalue weighted by atomic mass is 32.2. The van der Waals surface area contributed by atoms with E-state index < -0.39 is 0 Å². The molecular formula is C11H11FN2S. The lowest BCUT2D eigenvalue weighted by molar-refractivity contribution is 0.620. The van der Waals surface area contributed by atoms with E-state index in [1.54, 1.807) is 12.1 Å². The maximum atomic E-state index is 13.6. The van der Waals surface area contributed by atoms with E-state index >= 15 is 0 Å². The summed E-state index contributed by atoms with van der Waals surface area (Å²) >= 11 is 1.89. The second-order valence-corrected chi connectivity index (χ2v) is 4.57. The molecule has 0 radical (unpaired) electrons. The van der Waals surface area contributed by atoms with Crippen LogP contribution in [0.25, 0.3) is 4.85 Å². The molecular weight excluding hydrogens is 211 g/mol. The lowest BCUT2D eigenvalue weighted by Crippen LogP contribution is -2.32. The third-order valence-corrected chi connectivity index (χ3v) is 3.35. The fourth-order valence-electron chi connectivity index (χ4n) is 1.63. The van der Waals surface area contributed by atoms with Gasteiger partial charge in [0.25, 0.3) is 0 Å². The number of rotatable bonds is 1. The largest absolute Gasteiger partial charge is 0.368 e. The highest BCUT2D eigenvalue weighted by molar-refractivity contribution is 7.99. The Labute approximate surface area is 92.9 Å².